The zero-order chi connectivity index (χ0) is 15.5. The number of thiazole rings is 1. The summed E-state index contributed by atoms with van der Waals surface area (Å²) in [5.41, 5.74) is 0.867. The third kappa shape index (κ3) is 3.52. The zero-order valence-corrected chi connectivity index (χ0v) is 13.7. The molecule has 118 valence electrons. The van der Waals surface area contributed by atoms with Crippen LogP contribution >= 0.6 is 11.3 Å². The van der Waals surface area contributed by atoms with Crippen molar-refractivity contribution >= 4 is 23.3 Å². The summed E-state index contributed by atoms with van der Waals surface area (Å²) in [6, 6.07) is 0.168. The van der Waals surface area contributed by atoms with E-state index in [1.54, 1.807) is 0 Å². The Balaban J connectivity index is 1.61. The van der Waals surface area contributed by atoms with Gasteiger partial charge in [0.15, 0.2) is 0 Å². The predicted molar refractivity (Wildman–Crippen MR) is 84.7 cm³/mol. The number of aryl methyl sites for hydroxylation is 2. The summed E-state index contributed by atoms with van der Waals surface area (Å²) in [4.78, 5) is 17.2. The van der Waals surface area contributed by atoms with E-state index in [4.69, 9.17) is 4.42 Å². The molecule has 2 heterocycles. The first-order chi connectivity index (χ1) is 10.6. The highest BCUT2D eigenvalue weighted by Gasteiger charge is 2.19. The van der Waals surface area contributed by atoms with Crippen molar-refractivity contribution in [3.8, 4) is 10.8 Å². The fourth-order valence-electron chi connectivity index (χ4n) is 2.92. The van der Waals surface area contributed by atoms with Gasteiger partial charge in [-0.1, -0.05) is 24.4 Å². The first-order valence-corrected chi connectivity index (χ1v) is 8.51. The van der Waals surface area contributed by atoms with Crippen molar-refractivity contribution in [2.24, 2.45) is 5.92 Å². The molecule has 0 radical (unpaired) electrons. The number of aromatic nitrogens is 3. The molecular formula is C15H20N4O2S. The highest BCUT2D eigenvalue weighted by molar-refractivity contribution is 7.15. The monoisotopic (exact) mass is 320 g/mol. The Labute approximate surface area is 133 Å². The van der Waals surface area contributed by atoms with Crippen LogP contribution < -0.4 is 5.32 Å². The van der Waals surface area contributed by atoms with Gasteiger partial charge in [-0.2, -0.15) is 0 Å². The molecule has 0 saturated heterocycles. The molecule has 0 spiro atoms. The number of nitrogens with one attached hydrogen (secondary N) is 1. The summed E-state index contributed by atoms with van der Waals surface area (Å²) in [5, 5.41) is 11.6. The summed E-state index contributed by atoms with van der Waals surface area (Å²) in [7, 11) is 0. The molecule has 7 heteroatoms. The smallest absolute Gasteiger partial charge is 0.322 e. The Bertz CT molecular complexity index is 658. The predicted octanol–water partition coefficient (Wildman–Crippen LogP) is 3.72. The molecule has 6 nitrogen and oxygen atoms in total. The molecule has 2 aromatic rings. The van der Waals surface area contributed by atoms with Crippen LogP contribution in [0.3, 0.4) is 0 Å². The fraction of sp³-hybridized carbons (Fsp3) is 0.600. The van der Waals surface area contributed by atoms with E-state index in [9.17, 15) is 4.79 Å². The van der Waals surface area contributed by atoms with Gasteiger partial charge in [-0.05, 0) is 32.6 Å². The molecule has 22 heavy (non-hydrogen) atoms. The molecule has 1 N–H and O–H groups in total. The molecule has 0 atom stereocenters. The molecule has 1 aliphatic carbocycles. The molecule has 1 saturated carbocycles. The van der Waals surface area contributed by atoms with Crippen molar-refractivity contribution in [1.82, 2.24) is 15.2 Å². The molecule has 0 bridgehead atoms. The largest absolute Gasteiger partial charge is 0.402 e. The third-order valence-electron chi connectivity index (χ3n) is 3.97. The number of rotatable bonds is 4. The van der Waals surface area contributed by atoms with Gasteiger partial charge >= 0.3 is 6.01 Å². The van der Waals surface area contributed by atoms with Crippen LogP contribution in [-0.4, -0.2) is 21.1 Å². The van der Waals surface area contributed by atoms with E-state index in [-0.39, 0.29) is 11.9 Å². The molecular weight excluding hydrogens is 300 g/mol. The molecule has 0 unspecified atom stereocenters. The van der Waals surface area contributed by atoms with Crippen molar-refractivity contribution in [2.45, 2.75) is 52.4 Å². The van der Waals surface area contributed by atoms with Crippen LogP contribution in [0.4, 0.5) is 6.01 Å². The van der Waals surface area contributed by atoms with Gasteiger partial charge in [0.1, 0.15) is 4.88 Å². The quantitative estimate of drug-likeness (QED) is 0.928. The third-order valence-corrected chi connectivity index (χ3v) is 5.03. The highest BCUT2D eigenvalue weighted by atomic mass is 32.1. The van der Waals surface area contributed by atoms with Gasteiger partial charge in [0.05, 0.1) is 10.7 Å². The molecule has 1 amide bonds. The van der Waals surface area contributed by atoms with Crippen LogP contribution in [0.15, 0.2) is 4.42 Å². The Morgan fingerprint density at radius 2 is 2.05 bits per heavy atom. The Morgan fingerprint density at radius 3 is 2.73 bits per heavy atom. The van der Waals surface area contributed by atoms with Crippen molar-refractivity contribution in [2.75, 3.05) is 5.32 Å². The van der Waals surface area contributed by atoms with Crippen LogP contribution in [0.1, 0.15) is 49.2 Å². The summed E-state index contributed by atoms with van der Waals surface area (Å²) in [6.45, 7) is 3.84. The molecule has 3 rings (SSSR count). The first-order valence-electron chi connectivity index (χ1n) is 7.69. The van der Waals surface area contributed by atoms with Gasteiger partial charge in [-0.15, -0.1) is 16.4 Å². The van der Waals surface area contributed by atoms with Crippen LogP contribution in [0.5, 0.6) is 0 Å². The number of carbonyl (C=O) groups excluding carboxylic acids is 1. The van der Waals surface area contributed by atoms with E-state index < -0.39 is 0 Å². The standard InChI is InChI=1S/C15H20N4O2S/c1-9-13(22-10(2)16-9)14-18-19-15(21-14)17-12(20)8-11-6-4-3-5-7-11/h11H,3-8H2,1-2H3,(H,17,19,20). The molecule has 1 aliphatic rings. The van der Waals surface area contributed by atoms with Crippen LogP contribution in [0.2, 0.25) is 0 Å². The van der Waals surface area contributed by atoms with E-state index in [1.165, 1.54) is 30.6 Å². The SMILES string of the molecule is Cc1nc(C)c(-c2nnc(NC(=O)CC3CCCCC3)o2)s1. The molecule has 0 aromatic carbocycles. The minimum Gasteiger partial charge on any atom is -0.402 e. The number of nitrogens with zero attached hydrogens (tertiary/aromatic N) is 3. The Hall–Kier alpha value is -1.76. The average Bonchev–Trinajstić information content (AvgIpc) is 3.06. The van der Waals surface area contributed by atoms with Crippen molar-refractivity contribution in [3.05, 3.63) is 10.7 Å². The van der Waals surface area contributed by atoms with Crippen molar-refractivity contribution < 1.29 is 9.21 Å². The second kappa shape index (κ2) is 6.56. The second-order valence-corrected chi connectivity index (χ2v) is 7.02. The Kier molecular flexibility index (Phi) is 4.52. The lowest BCUT2D eigenvalue weighted by atomic mass is 9.87. The fourth-order valence-corrected chi connectivity index (χ4v) is 3.76. The lowest BCUT2D eigenvalue weighted by molar-refractivity contribution is -0.117. The Morgan fingerprint density at radius 1 is 1.27 bits per heavy atom. The molecule has 0 aliphatic heterocycles. The van der Waals surface area contributed by atoms with E-state index in [0.29, 0.717) is 18.2 Å². The summed E-state index contributed by atoms with van der Waals surface area (Å²) < 4.78 is 5.54. The van der Waals surface area contributed by atoms with Crippen molar-refractivity contribution in [1.29, 1.82) is 0 Å². The summed E-state index contributed by atoms with van der Waals surface area (Å²) in [5.74, 6) is 0.859. The number of carbonyl (C=O) groups is 1. The van der Waals surface area contributed by atoms with E-state index in [0.717, 1.165) is 28.4 Å². The second-order valence-electron chi connectivity index (χ2n) is 5.82. The van der Waals surface area contributed by atoms with Crippen LogP contribution in [-0.2, 0) is 4.79 Å². The van der Waals surface area contributed by atoms with Gasteiger partial charge in [-0.3, -0.25) is 10.1 Å². The lowest BCUT2D eigenvalue weighted by Gasteiger charge is -2.20. The first kappa shape index (κ1) is 15.1. The van der Waals surface area contributed by atoms with E-state index in [1.807, 2.05) is 13.8 Å². The van der Waals surface area contributed by atoms with E-state index in [2.05, 4.69) is 20.5 Å². The molecule has 1 fully saturated rings. The lowest BCUT2D eigenvalue weighted by Crippen LogP contribution is -2.18. The zero-order valence-electron chi connectivity index (χ0n) is 12.9. The number of hydrogen-bond acceptors (Lipinski definition) is 6. The van der Waals surface area contributed by atoms with Gasteiger partial charge < -0.3 is 4.42 Å². The highest BCUT2D eigenvalue weighted by Crippen LogP contribution is 2.30. The number of anilines is 1. The number of hydrogen-bond donors (Lipinski definition) is 1. The summed E-state index contributed by atoms with van der Waals surface area (Å²) in [6.07, 6.45) is 6.57. The average molecular weight is 320 g/mol. The van der Waals surface area contributed by atoms with Gasteiger partial charge in [0.25, 0.3) is 5.89 Å². The van der Waals surface area contributed by atoms with Crippen molar-refractivity contribution in [3.63, 3.8) is 0 Å². The minimum atomic E-state index is -0.0423. The number of amides is 1. The summed E-state index contributed by atoms with van der Waals surface area (Å²) >= 11 is 1.51. The van der Waals surface area contributed by atoms with Gasteiger partial charge in [-0.25, -0.2) is 4.98 Å². The minimum absolute atomic E-state index is 0.0423. The maximum absolute atomic E-state index is 12.0. The van der Waals surface area contributed by atoms with Gasteiger partial charge in [0.2, 0.25) is 5.91 Å². The topological polar surface area (TPSA) is 80.9 Å². The van der Waals surface area contributed by atoms with E-state index >= 15 is 0 Å². The normalized spacial score (nSPS) is 15.9. The van der Waals surface area contributed by atoms with Crippen LogP contribution in [0.25, 0.3) is 10.8 Å². The maximum atomic E-state index is 12.0. The maximum Gasteiger partial charge on any atom is 0.322 e. The van der Waals surface area contributed by atoms with Gasteiger partial charge in [0, 0.05) is 6.42 Å². The van der Waals surface area contributed by atoms with Crippen LogP contribution in [0, 0.1) is 19.8 Å². The molecule has 2 aromatic heterocycles.